The van der Waals surface area contributed by atoms with Gasteiger partial charge in [0.1, 0.15) is 5.82 Å². The molecule has 0 saturated carbocycles. The number of nitrogens with one attached hydrogen (secondary N) is 1. The van der Waals surface area contributed by atoms with Crippen molar-refractivity contribution in [2.45, 2.75) is 6.92 Å². The molecule has 0 spiro atoms. The molecular weight excluding hydrogens is 304 g/mol. The van der Waals surface area contributed by atoms with Crippen LogP contribution in [0.2, 0.25) is 10.0 Å². The number of phenolic OH excluding ortho intramolecular Hbond substituents is 1. The van der Waals surface area contributed by atoms with E-state index >= 15 is 0 Å². The van der Waals surface area contributed by atoms with Gasteiger partial charge in [0.05, 0.1) is 10.7 Å². The van der Waals surface area contributed by atoms with E-state index in [1.807, 2.05) is 0 Å². The monoisotopic (exact) mass is 313 g/mol. The minimum absolute atomic E-state index is 0.0166. The van der Waals surface area contributed by atoms with E-state index in [-0.39, 0.29) is 27.0 Å². The van der Waals surface area contributed by atoms with Crippen molar-refractivity contribution in [2.75, 3.05) is 5.32 Å². The normalized spacial score (nSPS) is 10.4. The standard InChI is InChI=1S/C14H10Cl2FNO2/c1-7-2-3-8(4-11(7)17)14(20)18-12-6-9(15)5-10(16)13(12)19/h2-6,19H,1H3,(H,18,20). The van der Waals surface area contributed by atoms with E-state index in [0.717, 1.165) is 6.07 Å². The number of aryl methyl sites for hydroxylation is 1. The molecule has 2 aromatic rings. The first-order valence-corrected chi connectivity index (χ1v) is 6.39. The second-order valence-electron chi connectivity index (χ2n) is 4.20. The van der Waals surface area contributed by atoms with E-state index in [9.17, 15) is 14.3 Å². The largest absolute Gasteiger partial charge is 0.504 e. The summed E-state index contributed by atoms with van der Waals surface area (Å²) in [7, 11) is 0. The molecule has 2 rings (SSSR count). The van der Waals surface area contributed by atoms with Gasteiger partial charge >= 0.3 is 0 Å². The van der Waals surface area contributed by atoms with Crippen LogP contribution in [0.5, 0.6) is 5.75 Å². The quantitative estimate of drug-likeness (QED) is 0.807. The summed E-state index contributed by atoms with van der Waals surface area (Å²) in [6, 6.07) is 6.80. The highest BCUT2D eigenvalue weighted by Crippen LogP contribution is 2.35. The Morgan fingerprint density at radius 2 is 1.95 bits per heavy atom. The van der Waals surface area contributed by atoms with E-state index in [4.69, 9.17) is 23.2 Å². The van der Waals surface area contributed by atoms with Crippen molar-refractivity contribution >= 4 is 34.8 Å². The fourth-order valence-electron chi connectivity index (χ4n) is 1.59. The number of carbonyl (C=O) groups is 1. The summed E-state index contributed by atoms with van der Waals surface area (Å²) >= 11 is 11.5. The lowest BCUT2D eigenvalue weighted by atomic mass is 10.1. The molecule has 3 nitrogen and oxygen atoms in total. The zero-order valence-electron chi connectivity index (χ0n) is 10.4. The molecule has 0 unspecified atom stereocenters. The van der Waals surface area contributed by atoms with Gasteiger partial charge in [0.2, 0.25) is 0 Å². The fraction of sp³-hybridized carbons (Fsp3) is 0.0714. The van der Waals surface area contributed by atoms with Gasteiger partial charge in [0.25, 0.3) is 5.91 Å². The highest BCUT2D eigenvalue weighted by Gasteiger charge is 2.13. The van der Waals surface area contributed by atoms with Gasteiger partial charge in [-0.2, -0.15) is 0 Å². The molecule has 0 radical (unpaired) electrons. The number of benzene rings is 2. The fourth-order valence-corrected chi connectivity index (χ4v) is 2.08. The van der Waals surface area contributed by atoms with Crippen LogP contribution in [-0.2, 0) is 0 Å². The van der Waals surface area contributed by atoms with Crippen LogP contribution in [0.15, 0.2) is 30.3 Å². The summed E-state index contributed by atoms with van der Waals surface area (Å²) < 4.78 is 13.4. The summed E-state index contributed by atoms with van der Waals surface area (Å²) in [4.78, 5) is 12.0. The number of rotatable bonds is 2. The van der Waals surface area contributed by atoms with Crippen LogP contribution < -0.4 is 5.32 Å². The van der Waals surface area contributed by atoms with E-state index in [0.29, 0.717) is 5.56 Å². The average molecular weight is 314 g/mol. The van der Waals surface area contributed by atoms with Crippen molar-refractivity contribution in [3.63, 3.8) is 0 Å². The third-order valence-corrected chi connectivity index (χ3v) is 3.22. The molecule has 0 bridgehead atoms. The number of hydrogen-bond donors (Lipinski definition) is 2. The van der Waals surface area contributed by atoms with Crippen LogP contribution in [0.4, 0.5) is 10.1 Å². The Bertz CT molecular complexity index is 689. The van der Waals surface area contributed by atoms with Gasteiger partial charge in [0.15, 0.2) is 5.75 Å². The van der Waals surface area contributed by atoms with Gasteiger partial charge in [-0.15, -0.1) is 0 Å². The number of carbonyl (C=O) groups excluding carboxylic acids is 1. The second-order valence-corrected chi connectivity index (χ2v) is 5.05. The highest BCUT2D eigenvalue weighted by atomic mass is 35.5. The zero-order valence-corrected chi connectivity index (χ0v) is 11.9. The molecule has 0 atom stereocenters. The lowest BCUT2D eigenvalue weighted by Gasteiger charge is -2.09. The first-order valence-electron chi connectivity index (χ1n) is 5.64. The predicted molar refractivity (Wildman–Crippen MR) is 77.2 cm³/mol. The van der Waals surface area contributed by atoms with Gasteiger partial charge in [0, 0.05) is 10.6 Å². The second kappa shape index (κ2) is 5.69. The number of halogens is 3. The molecule has 0 aliphatic carbocycles. The van der Waals surface area contributed by atoms with Crippen LogP contribution in [0.3, 0.4) is 0 Å². The highest BCUT2D eigenvalue weighted by molar-refractivity contribution is 6.36. The van der Waals surface area contributed by atoms with Gasteiger partial charge in [-0.1, -0.05) is 29.3 Å². The molecule has 2 N–H and O–H groups in total. The van der Waals surface area contributed by atoms with Crippen molar-refractivity contribution in [1.82, 2.24) is 0 Å². The molecule has 0 heterocycles. The molecule has 0 saturated heterocycles. The molecule has 20 heavy (non-hydrogen) atoms. The summed E-state index contributed by atoms with van der Waals surface area (Å²) in [6.07, 6.45) is 0. The Morgan fingerprint density at radius 3 is 2.60 bits per heavy atom. The van der Waals surface area contributed by atoms with Crippen LogP contribution in [-0.4, -0.2) is 11.0 Å². The van der Waals surface area contributed by atoms with Crippen LogP contribution in [0, 0.1) is 12.7 Å². The molecule has 2 aromatic carbocycles. The maximum absolute atomic E-state index is 13.4. The molecule has 0 aromatic heterocycles. The van der Waals surface area contributed by atoms with Crippen LogP contribution in [0.25, 0.3) is 0 Å². The number of anilines is 1. The van der Waals surface area contributed by atoms with E-state index < -0.39 is 11.7 Å². The van der Waals surface area contributed by atoms with Crippen molar-refractivity contribution in [1.29, 1.82) is 0 Å². The van der Waals surface area contributed by atoms with Crippen molar-refractivity contribution < 1.29 is 14.3 Å². The predicted octanol–water partition coefficient (Wildman–Crippen LogP) is 4.40. The minimum atomic E-state index is -0.572. The lowest BCUT2D eigenvalue weighted by Crippen LogP contribution is -2.12. The smallest absolute Gasteiger partial charge is 0.255 e. The van der Waals surface area contributed by atoms with Crippen molar-refractivity contribution in [3.8, 4) is 5.75 Å². The summed E-state index contributed by atoms with van der Waals surface area (Å²) in [6.45, 7) is 1.60. The topological polar surface area (TPSA) is 49.3 Å². The van der Waals surface area contributed by atoms with E-state index in [2.05, 4.69) is 5.32 Å². The van der Waals surface area contributed by atoms with Crippen LogP contribution >= 0.6 is 23.2 Å². The zero-order chi connectivity index (χ0) is 14.9. The number of phenols is 1. The Hall–Kier alpha value is -1.78. The molecule has 104 valence electrons. The number of hydrogen-bond acceptors (Lipinski definition) is 2. The molecule has 0 fully saturated rings. The Morgan fingerprint density at radius 1 is 1.25 bits per heavy atom. The Balaban J connectivity index is 2.30. The SMILES string of the molecule is Cc1ccc(C(=O)Nc2cc(Cl)cc(Cl)c2O)cc1F. The molecule has 6 heteroatoms. The minimum Gasteiger partial charge on any atom is -0.504 e. The molecule has 1 amide bonds. The van der Waals surface area contributed by atoms with E-state index in [1.165, 1.54) is 24.3 Å². The van der Waals surface area contributed by atoms with Gasteiger partial charge in [-0.25, -0.2) is 4.39 Å². The average Bonchev–Trinajstić information content (AvgIpc) is 2.38. The first kappa shape index (κ1) is 14.6. The Kier molecular flexibility index (Phi) is 4.16. The van der Waals surface area contributed by atoms with Crippen LogP contribution in [0.1, 0.15) is 15.9 Å². The molecular formula is C14H10Cl2FNO2. The third-order valence-electron chi connectivity index (χ3n) is 2.71. The maximum atomic E-state index is 13.4. The van der Waals surface area contributed by atoms with Crippen molar-refractivity contribution in [2.24, 2.45) is 0 Å². The Labute approximate surface area is 124 Å². The number of aromatic hydroxyl groups is 1. The summed E-state index contributed by atoms with van der Waals surface area (Å²) in [5, 5.41) is 12.4. The lowest BCUT2D eigenvalue weighted by molar-refractivity contribution is 0.102. The van der Waals surface area contributed by atoms with Gasteiger partial charge in [-0.05, 0) is 36.8 Å². The summed E-state index contributed by atoms with van der Waals surface area (Å²) in [5.74, 6) is -1.35. The first-order chi connectivity index (χ1) is 9.38. The third kappa shape index (κ3) is 3.03. The molecule has 0 aliphatic heterocycles. The summed E-state index contributed by atoms with van der Waals surface area (Å²) in [5.41, 5.74) is 0.632. The van der Waals surface area contributed by atoms with Gasteiger partial charge < -0.3 is 10.4 Å². The molecule has 0 aliphatic rings. The van der Waals surface area contributed by atoms with E-state index in [1.54, 1.807) is 6.92 Å². The number of amides is 1. The van der Waals surface area contributed by atoms with Gasteiger partial charge in [-0.3, -0.25) is 4.79 Å². The van der Waals surface area contributed by atoms with Crippen molar-refractivity contribution in [3.05, 3.63) is 57.3 Å². The maximum Gasteiger partial charge on any atom is 0.255 e.